The van der Waals surface area contributed by atoms with Gasteiger partial charge in [0.15, 0.2) is 5.58 Å². The molecule has 1 aliphatic heterocycles. The zero-order valence-electron chi connectivity index (χ0n) is 17.2. The van der Waals surface area contributed by atoms with Crippen molar-refractivity contribution in [3.8, 4) is 0 Å². The van der Waals surface area contributed by atoms with Crippen molar-refractivity contribution in [2.75, 3.05) is 18.4 Å². The van der Waals surface area contributed by atoms with Gasteiger partial charge in [-0.1, -0.05) is 0 Å². The number of rotatable bonds is 4. The van der Waals surface area contributed by atoms with Gasteiger partial charge in [0.1, 0.15) is 6.54 Å². The quantitative estimate of drug-likeness (QED) is 0.669. The number of nitrogens with one attached hydrogen (secondary N) is 2. The number of aryl methyl sites for hydroxylation is 1. The zero-order valence-corrected chi connectivity index (χ0v) is 17.2. The van der Waals surface area contributed by atoms with Crippen LogP contribution in [0, 0.1) is 0 Å². The predicted molar refractivity (Wildman–Crippen MR) is 114 cm³/mol. The van der Waals surface area contributed by atoms with Gasteiger partial charge in [-0.25, -0.2) is 4.79 Å². The molecule has 1 aromatic carbocycles. The number of H-pyrrole nitrogens is 1. The number of piperidine rings is 1. The molecule has 1 unspecified atom stereocenters. The lowest BCUT2D eigenvalue weighted by molar-refractivity contribution is -0.132. The topological polar surface area (TPSA) is 113 Å². The Bertz CT molecular complexity index is 1180. The van der Waals surface area contributed by atoms with E-state index in [0.29, 0.717) is 16.8 Å². The fraction of sp³-hybridized carbons (Fsp3) is 0.455. The maximum atomic E-state index is 12.9. The average molecular weight is 423 g/mol. The lowest BCUT2D eigenvalue weighted by atomic mass is 9.86. The van der Waals surface area contributed by atoms with Crippen LogP contribution < -0.4 is 11.1 Å². The van der Waals surface area contributed by atoms with Gasteiger partial charge in [-0.15, -0.1) is 0 Å². The molecule has 0 spiro atoms. The number of hydrogen-bond acceptors (Lipinski definition) is 5. The lowest BCUT2D eigenvalue weighted by Gasteiger charge is -2.26. The van der Waals surface area contributed by atoms with Crippen LogP contribution >= 0.6 is 0 Å². The Morgan fingerprint density at radius 1 is 1.19 bits per heavy atom. The first-order valence-electron chi connectivity index (χ1n) is 10.8. The summed E-state index contributed by atoms with van der Waals surface area (Å²) in [6.45, 7) is 1.38. The first-order valence-corrected chi connectivity index (χ1v) is 10.8. The van der Waals surface area contributed by atoms with E-state index < -0.39 is 5.76 Å². The van der Waals surface area contributed by atoms with E-state index in [-0.39, 0.29) is 24.3 Å². The number of anilines is 1. The summed E-state index contributed by atoms with van der Waals surface area (Å²) in [6, 6.07) is 5.05. The van der Waals surface area contributed by atoms with Crippen LogP contribution in [0.3, 0.4) is 0 Å². The number of fused-ring (bicyclic) bond motifs is 2. The van der Waals surface area contributed by atoms with E-state index in [1.807, 2.05) is 0 Å². The van der Waals surface area contributed by atoms with Crippen LogP contribution in [0.2, 0.25) is 0 Å². The number of aromatic nitrogens is 3. The summed E-state index contributed by atoms with van der Waals surface area (Å²) in [6.07, 6.45) is 7.42. The van der Waals surface area contributed by atoms with E-state index in [2.05, 4.69) is 15.5 Å². The van der Waals surface area contributed by atoms with Crippen LogP contribution in [0.5, 0.6) is 0 Å². The van der Waals surface area contributed by atoms with Gasteiger partial charge in [-0.2, -0.15) is 5.10 Å². The predicted octanol–water partition coefficient (Wildman–Crippen LogP) is 2.39. The summed E-state index contributed by atoms with van der Waals surface area (Å²) in [5.74, 6) is -1.03. The zero-order chi connectivity index (χ0) is 21.4. The summed E-state index contributed by atoms with van der Waals surface area (Å²) < 4.78 is 6.66. The van der Waals surface area contributed by atoms with Crippen molar-refractivity contribution in [1.82, 2.24) is 19.7 Å². The van der Waals surface area contributed by atoms with E-state index in [1.54, 1.807) is 29.3 Å². The SMILES string of the molecule is O=C(Nc1ccc2oc(=O)n(CC(=O)N3CCCCC3)c2c1)C1CCCc2[nH]ncc21. The normalized spacial score (nSPS) is 18.7. The third-order valence-electron chi connectivity index (χ3n) is 6.30. The number of carbonyl (C=O) groups excluding carboxylic acids is 2. The first kappa shape index (κ1) is 19.6. The molecule has 2 aliphatic rings. The van der Waals surface area contributed by atoms with Crippen molar-refractivity contribution in [2.24, 2.45) is 0 Å². The average Bonchev–Trinajstić information content (AvgIpc) is 3.38. The minimum absolute atomic E-state index is 0.0652. The van der Waals surface area contributed by atoms with Crippen LogP contribution in [0.15, 0.2) is 33.6 Å². The van der Waals surface area contributed by atoms with Gasteiger partial charge in [0.2, 0.25) is 11.8 Å². The fourth-order valence-corrected chi connectivity index (χ4v) is 4.63. The number of benzene rings is 1. The molecule has 2 amide bonds. The van der Waals surface area contributed by atoms with Gasteiger partial charge in [-0.05, 0) is 56.7 Å². The highest BCUT2D eigenvalue weighted by Gasteiger charge is 2.28. The highest BCUT2D eigenvalue weighted by atomic mass is 16.4. The highest BCUT2D eigenvalue weighted by Crippen LogP contribution is 2.31. The lowest BCUT2D eigenvalue weighted by Crippen LogP contribution is -2.39. The van der Waals surface area contributed by atoms with E-state index >= 15 is 0 Å². The molecule has 3 heterocycles. The molecule has 2 aromatic heterocycles. The number of carbonyl (C=O) groups is 2. The molecule has 1 atom stereocenters. The van der Waals surface area contributed by atoms with E-state index in [4.69, 9.17) is 4.42 Å². The molecule has 1 aliphatic carbocycles. The van der Waals surface area contributed by atoms with Gasteiger partial charge < -0.3 is 14.6 Å². The minimum Gasteiger partial charge on any atom is -0.408 e. The minimum atomic E-state index is -0.570. The number of oxazole rings is 1. The number of aromatic amines is 1. The molecule has 0 radical (unpaired) electrons. The highest BCUT2D eigenvalue weighted by molar-refractivity contribution is 5.97. The molecule has 2 N–H and O–H groups in total. The van der Waals surface area contributed by atoms with Crippen molar-refractivity contribution in [1.29, 1.82) is 0 Å². The van der Waals surface area contributed by atoms with Gasteiger partial charge in [-0.3, -0.25) is 19.3 Å². The molecule has 1 fully saturated rings. The Balaban J connectivity index is 1.37. The Kier molecular flexibility index (Phi) is 5.09. The summed E-state index contributed by atoms with van der Waals surface area (Å²) in [5, 5.41) is 10.00. The van der Waals surface area contributed by atoms with Crippen LogP contribution in [-0.2, 0) is 22.6 Å². The van der Waals surface area contributed by atoms with E-state index in [0.717, 1.165) is 62.9 Å². The number of likely N-dealkylation sites (tertiary alicyclic amines) is 1. The van der Waals surface area contributed by atoms with Crippen LogP contribution in [0.25, 0.3) is 11.1 Å². The molecule has 0 bridgehead atoms. The second kappa shape index (κ2) is 8.05. The van der Waals surface area contributed by atoms with Crippen LogP contribution in [0.4, 0.5) is 5.69 Å². The number of hydrogen-bond donors (Lipinski definition) is 2. The third-order valence-corrected chi connectivity index (χ3v) is 6.30. The monoisotopic (exact) mass is 423 g/mol. The van der Waals surface area contributed by atoms with E-state index in [9.17, 15) is 14.4 Å². The molecule has 0 saturated carbocycles. The number of nitrogens with zero attached hydrogens (tertiary/aromatic N) is 3. The Morgan fingerprint density at radius 3 is 2.87 bits per heavy atom. The van der Waals surface area contributed by atoms with E-state index in [1.165, 1.54) is 4.57 Å². The third kappa shape index (κ3) is 3.75. The van der Waals surface area contributed by atoms with Crippen LogP contribution in [0.1, 0.15) is 49.3 Å². The Hall–Kier alpha value is -3.36. The Labute approximate surface area is 178 Å². The Morgan fingerprint density at radius 2 is 2.03 bits per heavy atom. The smallest absolute Gasteiger partial charge is 0.408 e. The summed E-state index contributed by atoms with van der Waals surface area (Å²) in [4.78, 5) is 39.8. The molecule has 3 aromatic rings. The van der Waals surface area contributed by atoms with Crippen molar-refractivity contribution in [3.63, 3.8) is 0 Å². The van der Waals surface area contributed by atoms with Gasteiger partial charge in [0, 0.05) is 30.0 Å². The maximum absolute atomic E-state index is 12.9. The molecular weight excluding hydrogens is 398 g/mol. The van der Waals surface area contributed by atoms with Gasteiger partial charge in [0.05, 0.1) is 17.6 Å². The first-order chi connectivity index (χ1) is 15.1. The largest absolute Gasteiger partial charge is 0.420 e. The fourth-order valence-electron chi connectivity index (χ4n) is 4.63. The molecule has 9 nitrogen and oxygen atoms in total. The second-order valence-electron chi connectivity index (χ2n) is 8.32. The summed E-state index contributed by atoms with van der Waals surface area (Å²) in [7, 11) is 0. The van der Waals surface area contributed by atoms with Crippen molar-refractivity contribution >= 4 is 28.6 Å². The molecule has 1 saturated heterocycles. The standard InChI is InChI=1S/C22H25N5O4/c28-20(26-9-2-1-3-10-26)13-27-18-11-14(7-8-19(18)31-22(27)30)24-21(29)15-5-4-6-17-16(15)12-23-25-17/h7-8,11-12,15H,1-6,9-10,13H2,(H,23,25)(H,24,29). The summed E-state index contributed by atoms with van der Waals surface area (Å²) >= 11 is 0. The van der Waals surface area contributed by atoms with Crippen molar-refractivity contribution in [2.45, 2.75) is 51.0 Å². The molecule has 162 valence electrons. The van der Waals surface area contributed by atoms with Crippen molar-refractivity contribution < 1.29 is 14.0 Å². The van der Waals surface area contributed by atoms with Gasteiger partial charge in [0.25, 0.3) is 0 Å². The molecule has 5 rings (SSSR count). The molecule has 31 heavy (non-hydrogen) atoms. The summed E-state index contributed by atoms with van der Waals surface area (Å²) in [5.41, 5.74) is 3.41. The molecular formula is C22H25N5O4. The molecule has 9 heteroatoms. The second-order valence-corrected chi connectivity index (χ2v) is 8.32. The van der Waals surface area contributed by atoms with Crippen molar-refractivity contribution in [3.05, 3.63) is 46.2 Å². The van der Waals surface area contributed by atoms with Gasteiger partial charge >= 0.3 is 5.76 Å². The maximum Gasteiger partial charge on any atom is 0.420 e. The number of amides is 2. The van der Waals surface area contributed by atoms with Crippen LogP contribution in [-0.4, -0.2) is 44.6 Å².